The first-order chi connectivity index (χ1) is 21.1. The summed E-state index contributed by atoms with van der Waals surface area (Å²) < 4.78 is 0.762. The lowest BCUT2D eigenvalue weighted by molar-refractivity contribution is -0.917. The van der Waals surface area contributed by atoms with Gasteiger partial charge in [-0.05, 0) is 121 Å². The van der Waals surface area contributed by atoms with Crippen molar-refractivity contribution in [1.82, 2.24) is 4.90 Å². The molecule has 1 saturated heterocycles. The first kappa shape index (κ1) is 35.6. The number of nitrogens with zero attached hydrogens (tertiary/aromatic N) is 3. The van der Waals surface area contributed by atoms with Crippen LogP contribution in [-0.2, 0) is 9.59 Å². The van der Waals surface area contributed by atoms with E-state index in [4.69, 9.17) is 11.6 Å². The largest absolute Gasteiger partial charge is 0.324 e. The number of rotatable bonds is 15. The van der Waals surface area contributed by atoms with Crippen LogP contribution in [0.15, 0.2) is 24.3 Å². The standard InChI is InChI=1S/C36H52ClN5O2/c1-7-42(8-2,25-33(43)39-34-26(3)17-19-30(24-38)28(34)5)23-15-11-9-10-13-21-41-22-14-12-16-32(41)36(44)40-35-27(4)18-20-31(37)29(35)6/h17-20,32H,7-16,21-23,25H2,1-6H3,(H-,39,40,43,44)/p+1. The highest BCUT2D eigenvalue weighted by molar-refractivity contribution is 6.31. The molecule has 0 spiro atoms. The lowest BCUT2D eigenvalue weighted by atomic mass is 10.00. The van der Waals surface area contributed by atoms with E-state index >= 15 is 0 Å². The van der Waals surface area contributed by atoms with E-state index < -0.39 is 0 Å². The Balaban J connectivity index is 1.44. The van der Waals surface area contributed by atoms with Crippen LogP contribution < -0.4 is 10.6 Å². The molecule has 1 atom stereocenters. The average Bonchev–Trinajstić information content (AvgIpc) is 3.02. The molecule has 1 unspecified atom stereocenters. The van der Waals surface area contributed by atoms with Gasteiger partial charge < -0.3 is 15.1 Å². The molecule has 1 fully saturated rings. The molecule has 0 radical (unpaired) electrons. The van der Waals surface area contributed by atoms with E-state index in [2.05, 4.69) is 35.5 Å². The normalized spacial score (nSPS) is 15.5. The number of anilines is 2. The van der Waals surface area contributed by atoms with E-state index in [1.807, 2.05) is 52.0 Å². The van der Waals surface area contributed by atoms with Gasteiger partial charge in [0.05, 0.1) is 37.3 Å². The van der Waals surface area contributed by atoms with E-state index in [0.29, 0.717) is 17.1 Å². The van der Waals surface area contributed by atoms with Crippen LogP contribution in [0.5, 0.6) is 0 Å². The molecule has 1 heterocycles. The molecule has 240 valence electrons. The molecule has 1 aliphatic heterocycles. The third-order valence-electron chi connectivity index (χ3n) is 9.73. The van der Waals surface area contributed by atoms with Crippen LogP contribution >= 0.6 is 11.6 Å². The van der Waals surface area contributed by atoms with Gasteiger partial charge >= 0.3 is 0 Å². The summed E-state index contributed by atoms with van der Waals surface area (Å²) in [7, 11) is 0. The number of likely N-dealkylation sites (tertiary alicyclic amines) is 1. The van der Waals surface area contributed by atoms with Crippen LogP contribution in [0.1, 0.15) is 93.0 Å². The van der Waals surface area contributed by atoms with Crippen molar-refractivity contribution in [2.75, 3.05) is 49.9 Å². The zero-order valence-corrected chi connectivity index (χ0v) is 28.6. The minimum Gasteiger partial charge on any atom is -0.324 e. The molecule has 7 nitrogen and oxygen atoms in total. The van der Waals surface area contributed by atoms with Gasteiger partial charge in [-0.3, -0.25) is 14.5 Å². The van der Waals surface area contributed by atoms with Crippen LogP contribution in [0, 0.1) is 39.0 Å². The summed E-state index contributed by atoms with van der Waals surface area (Å²) in [5.74, 6) is 0.0920. The second-order valence-electron chi connectivity index (χ2n) is 12.6. The van der Waals surface area contributed by atoms with Gasteiger partial charge in [-0.15, -0.1) is 0 Å². The van der Waals surface area contributed by atoms with E-state index in [-0.39, 0.29) is 17.9 Å². The topological polar surface area (TPSA) is 85.2 Å². The van der Waals surface area contributed by atoms with Gasteiger partial charge in [0.25, 0.3) is 5.91 Å². The number of quaternary nitrogens is 1. The van der Waals surface area contributed by atoms with Crippen molar-refractivity contribution in [3.63, 3.8) is 0 Å². The molecule has 0 bridgehead atoms. The Kier molecular flexibility index (Phi) is 13.7. The quantitative estimate of drug-likeness (QED) is 0.158. The third kappa shape index (κ3) is 9.30. The van der Waals surface area contributed by atoms with E-state index in [1.54, 1.807) is 0 Å². The lowest BCUT2D eigenvalue weighted by Crippen LogP contribution is -2.52. The molecule has 2 amide bonds. The zero-order chi connectivity index (χ0) is 32.3. The number of nitriles is 1. The predicted octanol–water partition coefficient (Wildman–Crippen LogP) is 7.68. The molecular weight excluding hydrogens is 570 g/mol. The van der Waals surface area contributed by atoms with Crippen molar-refractivity contribution in [2.45, 2.75) is 99.0 Å². The van der Waals surface area contributed by atoms with E-state index in [1.165, 1.54) is 0 Å². The molecular formula is C36H53ClN5O2+. The summed E-state index contributed by atoms with van der Waals surface area (Å²) >= 11 is 6.33. The van der Waals surface area contributed by atoms with Crippen molar-refractivity contribution in [3.05, 3.63) is 57.1 Å². The summed E-state index contributed by atoms with van der Waals surface area (Å²) in [6, 6.07) is 9.68. The van der Waals surface area contributed by atoms with Gasteiger partial charge in [-0.1, -0.05) is 43.0 Å². The molecule has 2 aromatic rings. The Labute approximate surface area is 270 Å². The third-order valence-corrected chi connectivity index (χ3v) is 10.1. The number of nitrogens with one attached hydrogen (secondary N) is 2. The monoisotopic (exact) mass is 622 g/mol. The highest BCUT2D eigenvalue weighted by atomic mass is 35.5. The average molecular weight is 623 g/mol. The van der Waals surface area contributed by atoms with Gasteiger partial charge in [0.2, 0.25) is 5.91 Å². The number of piperidine rings is 1. The summed E-state index contributed by atoms with van der Waals surface area (Å²) in [5.41, 5.74) is 5.97. The number of amides is 2. The fraction of sp³-hybridized carbons (Fsp3) is 0.583. The molecule has 3 rings (SSSR count). The van der Waals surface area contributed by atoms with Gasteiger partial charge in [-0.2, -0.15) is 5.26 Å². The highest BCUT2D eigenvalue weighted by Gasteiger charge is 2.29. The first-order valence-corrected chi connectivity index (χ1v) is 16.9. The van der Waals surface area contributed by atoms with Gasteiger partial charge in [0.1, 0.15) is 0 Å². The van der Waals surface area contributed by atoms with Crippen LogP contribution in [0.3, 0.4) is 0 Å². The predicted molar refractivity (Wildman–Crippen MR) is 182 cm³/mol. The number of hydrogen-bond acceptors (Lipinski definition) is 4. The SMILES string of the molecule is CC[N+](CC)(CCCCCCCN1CCCCC1C(=O)Nc1c(C)ccc(Cl)c1C)CC(=O)Nc1c(C)ccc(C#N)c1C. The molecule has 0 aliphatic carbocycles. The smallest absolute Gasteiger partial charge is 0.279 e. The molecule has 0 saturated carbocycles. The fourth-order valence-electron chi connectivity index (χ4n) is 6.56. The Morgan fingerprint density at radius 1 is 0.909 bits per heavy atom. The van der Waals surface area contributed by atoms with Crippen molar-refractivity contribution < 1.29 is 14.1 Å². The maximum atomic E-state index is 13.3. The van der Waals surface area contributed by atoms with Crippen LogP contribution in [0.25, 0.3) is 0 Å². The molecule has 2 N–H and O–H groups in total. The minimum atomic E-state index is -0.0883. The number of hydrogen-bond donors (Lipinski definition) is 2. The highest BCUT2D eigenvalue weighted by Crippen LogP contribution is 2.29. The number of halogens is 1. The second kappa shape index (κ2) is 17.0. The molecule has 2 aromatic carbocycles. The number of benzene rings is 2. The van der Waals surface area contributed by atoms with Crippen LogP contribution in [-0.4, -0.2) is 66.5 Å². The van der Waals surface area contributed by atoms with Crippen molar-refractivity contribution >= 4 is 34.8 Å². The lowest BCUT2D eigenvalue weighted by Gasteiger charge is -2.36. The van der Waals surface area contributed by atoms with Crippen molar-refractivity contribution in [2.24, 2.45) is 0 Å². The Morgan fingerprint density at radius 2 is 1.55 bits per heavy atom. The van der Waals surface area contributed by atoms with Gasteiger partial charge in [0, 0.05) is 16.4 Å². The van der Waals surface area contributed by atoms with Crippen molar-refractivity contribution in [1.29, 1.82) is 5.26 Å². The van der Waals surface area contributed by atoms with Crippen LogP contribution in [0.2, 0.25) is 5.02 Å². The zero-order valence-electron chi connectivity index (χ0n) is 27.8. The van der Waals surface area contributed by atoms with Gasteiger partial charge in [0.15, 0.2) is 6.54 Å². The van der Waals surface area contributed by atoms with E-state index in [9.17, 15) is 14.9 Å². The Hall–Kier alpha value is -2.92. The maximum absolute atomic E-state index is 13.3. The number of unbranched alkanes of at least 4 members (excludes halogenated alkanes) is 4. The minimum absolute atomic E-state index is 0.01000. The fourth-order valence-corrected chi connectivity index (χ4v) is 6.71. The van der Waals surface area contributed by atoms with Gasteiger partial charge in [-0.25, -0.2) is 0 Å². The molecule has 1 aliphatic rings. The Bertz CT molecular complexity index is 1330. The number of likely N-dealkylation sites (N-methyl/N-ethyl adjacent to an activating group) is 1. The maximum Gasteiger partial charge on any atom is 0.279 e. The second-order valence-corrected chi connectivity index (χ2v) is 13.0. The number of carbonyl (C=O) groups excluding carboxylic acids is 2. The number of carbonyl (C=O) groups is 2. The van der Waals surface area contributed by atoms with Crippen molar-refractivity contribution in [3.8, 4) is 6.07 Å². The van der Waals surface area contributed by atoms with Crippen LogP contribution in [0.4, 0.5) is 11.4 Å². The first-order valence-electron chi connectivity index (χ1n) is 16.5. The molecule has 44 heavy (non-hydrogen) atoms. The Morgan fingerprint density at radius 3 is 2.23 bits per heavy atom. The summed E-state index contributed by atoms with van der Waals surface area (Å²) in [6.07, 6.45) is 8.74. The summed E-state index contributed by atoms with van der Waals surface area (Å²) in [6.45, 7) is 17.3. The molecule has 8 heteroatoms. The summed E-state index contributed by atoms with van der Waals surface area (Å²) in [4.78, 5) is 28.8. The summed E-state index contributed by atoms with van der Waals surface area (Å²) in [5, 5.41) is 16.4. The van der Waals surface area contributed by atoms with E-state index in [0.717, 1.165) is 122 Å². The molecule has 0 aromatic heterocycles. The number of aryl methyl sites for hydroxylation is 2.